The van der Waals surface area contributed by atoms with Crippen molar-refractivity contribution in [3.8, 4) is 11.6 Å². The molecule has 3 rings (SSSR count). The normalized spacial score (nSPS) is 14.9. The minimum absolute atomic E-state index is 0.558. The molecule has 0 radical (unpaired) electrons. The summed E-state index contributed by atoms with van der Waals surface area (Å²) in [5.74, 6) is 1.89. The standard InChI is InChI=1S/C9H9BrN6/c10-6-4-11-7(12-5-6)8-13-9(15-14-8)16-2-1-3-16/h4-5H,1-3H2,(H,13,14,15). The predicted octanol–water partition coefficient (Wildman–Crippen LogP) is 1.23. The van der Waals surface area contributed by atoms with E-state index in [0.29, 0.717) is 11.6 Å². The highest BCUT2D eigenvalue weighted by atomic mass is 79.9. The topological polar surface area (TPSA) is 70.6 Å². The number of hydrogen-bond acceptors (Lipinski definition) is 5. The average Bonchev–Trinajstić information content (AvgIpc) is 2.65. The van der Waals surface area contributed by atoms with Crippen LogP contribution in [0.4, 0.5) is 5.95 Å². The molecule has 6 nitrogen and oxygen atoms in total. The summed E-state index contributed by atoms with van der Waals surface area (Å²) >= 11 is 3.29. The van der Waals surface area contributed by atoms with Crippen molar-refractivity contribution in [3.05, 3.63) is 16.9 Å². The molecule has 0 aliphatic carbocycles. The van der Waals surface area contributed by atoms with E-state index in [-0.39, 0.29) is 0 Å². The van der Waals surface area contributed by atoms with Crippen LogP contribution in [0, 0.1) is 0 Å². The van der Waals surface area contributed by atoms with Crippen molar-refractivity contribution in [2.75, 3.05) is 18.0 Å². The van der Waals surface area contributed by atoms with E-state index in [0.717, 1.165) is 23.5 Å². The first-order chi connectivity index (χ1) is 7.83. The van der Waals surface area contributed by atoms with Crippen molar-refractivity contribution in [3.63, 3.8) is 0 Å². The van der Waals surface area contributed by atoms with E-state index in [1.807, 2.05) is 0 Å². The average molecular weight is 281 g/mol. The van der Waals surface area contributed by atoms with Gasteiger partial charge < -0.3 is 4.90 Å². The second-order valence-electron chi connectivity index (χ2n) is 3.55. The van der Waals surface area contributed by atoms with Gasteiger partial charge in [-0.25, -0.2) is 9.97 Å². The van der Waals surface area contributed by atoms with E-state index in [2.05, 4.69) is 46.0 Å². The lowest BCUT2D eigenvalue weighted by molar-refractivity contribution is 0.601. The molecule has 0 spiro atoms. The minimum Gasteiger partial charge on any atom is -0.339 e. The Balaban J connectivity index is 1.88. The van der Waals surface area contributed by atoms with Crippen LogP contribution in [0.1, 0.15) is 6.42 Å². The summed E-state index contributed by atoms with van der Waals surface area (Å²) in [6, 6.07) is 0. The highest BCUT2D eigenvalue weighted by Gasteiger charge is 2.19. The molecule has 0 atom stereocenters. The number of hydrogen-bond donors (Lipinski definition) is 1. The molecule has 1 saturated heterocycles. The summed E-state index contributed by atoms with van der Waals surface area (Å²) in [6.07, 6.45) is 4.58. The molecule has 3 heterocycles. The van der Waals surface area contributed by atoms with E-state index in [9.17, 15) is 0 Å². The molecule has 0 unspecified atom stereocenters. The number of nitrogens with one attached hydrogen (secondary N) is 1. The van der Waals surface area contributed by atoms with Crippen LogP contribution in [0.3, 0.4) is 0 Å². The van der Waals surface area contributed by atoms with Crippen molar-refractivity contribution >= 4 is 21.9 Å². The predicted molar refractivity (Wildman–Crippen MR) is 61.9 cm³/mol. The van der Waals surface area contributed by atoms with Crippen molar-refractivity contribution in [1.82, 2.24) is 25.1 Å². The molecule has 0 saturated carbocycles. The minimum atomic E-state index is 0.558. The molecule has 1 fully saturated rings. The third-order valence-corrected chi connectivity index (χ3v) is 2.85. The van der Waals surface area contributed by atoms with Gasteiger partial charge in [0.2, 0.25) is 5.95 Å². The highest BCUT2D eigenvalue weighted by Crippen LogP contribution is 2.18. The van der Waals surface area contributed by atoms with E-state index in [1.165, 1.54) is 6.42 Å². The van der Waals surface area contributed by atoms with Crippen molar-refractivity contribution < 1.29 is 0 Å². The van der Waals surface area contributed by atoms with Crippen LogP contribution < -0.4 is 4.90 Å². The SMILES string of the molecule is Brc1cnc(-c2nc(N3CCC3)n[nH]2)nc1. The lowest BCUT2D eigenvalue weighted by Crippen LogP contribution is -2.37. The Morgan fingerprint density at radius 2 is 2.00 bits per heavy atom. The molecular weight excluding hydrogens is 272 g/mol. The molecule has 1 aliphatic heterocycles. The number of H-pyrrole nitrogens is 1. The number of rotatable bonds is 2. The van der Waals surface area contributed by atoms with Gasteiger partial charge in [-0.1, -0.05) is 0 Å². The van der Waals surface area contributed by atoms with Crippen LogP contribution in [-0.4, -0.2) is 38.2 Å². The monoisotopic (exact) mass is 280 g/mol. The highest BCUT2D eigenvalue weighted by molar-refractivity contribution is 9.10. The van der Waals surface area contributed by atoms with Gasteiger partial charge in [-0.3, -0.25) is 5.10 Å². The van der Waals surface area contributed by atoms with Gasteiger partial charge in [0.25, 0.3) is 0 Å². The first-order valence-electron chi connectivity index (χ1n) is 4.98. The third-order valence-electron chi connectivity index (χ3n) is 2.44. The summed E-state index contributed by atoms with van der Waals surface area (Å²) in [5, 5.41) is 6.98. The van der Waals surface area contributed by atoms with Gasteiger partial charge in [0.05, 0.1) is 4.47 Å². The van der Waals surface area contributed by atoms with E-state index >= 15 is 0 Å². The summed E-state index contributed by atoms with van der Waals surface area (Å²) in [5.41, 5.74) is 0. The fraction of sp³-hybridized carbons (Fsp3) is 0.333. The first-order valence-corrected chi connectivity index (χ1v) is 5.77. The molecule has 2 aromatic rings. The summed E-state index contributed by atoms with van der Waals surface area (Å²) < 4.78 is 0.846. The molecule has 1 aliphatic rings. The zero-order chi connectivity index (χ0) is 11.0. The number of halogens is 1. The second-order valence-corrected chi connectivity index (χ2v) is 4.47. The number of anilines is 1. The zero-order valence-corrected chi connectivity index (χ0v) is 9.98. The lowest BCUT2D eigenvalue weighted by atomic mass is 10.2. The van der Waals surface area contributed by atoms with Gasteiger partial charge in [0.15, 0.2) is 11.6 Å². The maximum absolute atomic E-state index is 4.35. The molecule has 16 heavy (non-hydrogen) atoms. The van der Waals surface area contributed by atoms with Gasteiger partial charge >= 0.3 is 0 Å². The first kappa shape index (κ1) is 9.71. The van der Waals surface area contributed by atoms with Crippen molar-refractivity contribution in [1.29, 1.82) is 0 Å². The Morgan fingerprint density at radius 3 is 2.62 bits per heavy atom. The molecule has 2 aromatic heterocycles. The number of aromatic amines is 1. The van der Waals surface area contributed by atoms with E-state index in [4.69, 9.17) is 0 Å². The van der Waals surface area contributed by atoms with Crippen LogP contribution in [-0.2, 0) is 0 Å². The number of aromatic nitrogens is 5. The lowest BCUT2D eigenvalue weighted by Gasteiger charge is -2.29. The number of nitrogens with zero attached hydrogens (tertiary/aromatic N) is 5. The van der Waals surface area contributed by atoms with Crippen LogP contribution in [0.25, 0.3) is 11.6 Å². The molecule has 82 valence electrons. The van der Waals surface area contributed by atoms with Gasteiger partial charge in [0.1, 0.15) is 0 Å². The van der Waals surface area contributed by atoms with Crippen LogP contribution in [0.5, 0.6) is 0 Å². The summed E-state index contributed by atoms with van der Waals surface area (Å²) in [4.78, 5) is 14.8. The molecule has 0 aromatic carbocycles. The van der Waals surface area contributed by atoms with E-state index < -0.39 is 0 Å². The summed E-state index contributed by atoms with van der Waals surface area (Å²) in [7, 11) is 0. The van der Waals surface area contributed by atoms with Gasteiger partial charge in [-0.05, 0) is 22.4 Å². The Morgan fingerprint density at radius 1 is 1.25 bits per heavy atom. The van der Waals surface area contributed by atoms with Crippen LogP contribution in [0.15, 0.2) is 16.9 Å². The van der Waals surface area contributed by atoms with Crippen molar-refractivity contribution in [2.45, 2.75) is 6.42 Å². The fourth-order valence-corrected chi connectivity index (χ4v) is 1.65. The van der Waals surface area contributed by atoms with Gasteiger partial charge in [-0.15, -0.1) is 5.10 Å². The molecule has 0 amide bonds. The Labute approximate surface area is 100 Å². The molecule has 7 heteroatoms. The Kier molecular flexibility index (Phi) is 2.32. The largest absolute Gasteiger partial charge is 0.339 e. The maximum Gasteiger partial charge on any atom is 0.245 e. The van der Waals surface area contributed by atoms with Crippen molar-refractivity contribution in [2.24, 2.45) is 0 Å². The molecular formula is C9H9BrN6. The quantitative estimate of drug-likeness (QED) is 0.896. The van der Waals surface area contributed by atoms with E-state index in [1.54, 1.807) is 12.4 Å². The Bertz CT molecular complexity index is 489. The summed E-state index contributed by atoms with van der Waals surface area (Å²) in [6.45, 7) is 2.05. The maximum atomic E-state index is 4.35. The molecule has 0 bridgehead atoms. The van der Waals surface area contributed by atoms with Crippen LogP contribution >= 0.6 is 15.9 Å². The fourth-order valence-electron chi connectivity index (χ4n) is 1.45. The van der Waals surface area contributed by atoms with Crippen LogP contribution in [0.2, 0.25) is 0 Å². The smallest absolute Gasteiger partial charge is 0.245 e. The van der Waals surface area contributed by atoms with Gasteiger partial charge in [0, 0.05) is 25.5 Å². The zero-order valence-electron chi connectivity index (χ0n) is 8.39. The van der Waals surface area contributed by atoms with Gasteiger partial charge in [-0.2, -0.15) is 4.98 Å². The second kappa shape index (κ2) is 3.82. The third kappa shape index (κ3) is 1.67. The Hall–Kier alpha value is -1.50. The molecule has 1 N–H and O–H groups in total.